The molecule has 0 amide bonds. The molecule has 0 aromatic carbocycles. The van der Waals surface area contributed by atoms with E-state index >= 15 is 0 Å². The third-order valence-electron chi connectivity index (χ3n) is 4.06. The van der Waals surface area contributed by atoms with Gasteiger partial charge >= 0.3 is 0 Å². The summed E-state index contributed by atoms with van der Waals surface area (Å²) < 4.78 is 7.50. The van der Waals surface area contributed by atoms with E-state index in [0.717, 1.165) is 29.1 Å². The normalized spacial score (nSPS) is 18.5. The van der Waals surface area contributed by atoms with Crippen LogP contribution < -0.4 is 4.90 Å². The van der Waals surface area contributed by atoms with Crippen molar-refractivity contribution in [1.82, 2.24) is 19.5 Å². The Bertz CT molecular complexity index is 835. The number of rotatable bonds is 2. The Hall–Kier alpha value is -2.18. The van der Waals surface area contributed by atoms with E-state index in [1.165, 1.54) is 0 Å². The van der Waals surface area contributed by atoms with Crippen molar-refractivity contribution in [1.29, 1.82) is 0 Å². The Labute approximate surface area is 138 Å². The van der Waals surface area contributed by atoms with Gasteiger partial charge in [-0.15, -0.1) is 0 Å². The predicted octanol–water partition coefficient (Wildman–Crippen LogP) is 2.69. The first-order valence-corrected chi connectivity index (χ1v) is 7.91. The van der Waals surface area contributed by atoms with Gasteiger partial charge in [-0.05, 0) is 36.7 Å². The number of pyridine rings is 1. The minimum absolute atomic E-state index is 0.245. The van der Waals surface area contributed by atoms with Crippen LogP contribution in [0.4, 0.5) is 5.82 Å². The second-order valence-electron chi connectivity index (χ2n) is 5.57. The molecule has 0 radical (unpaired) electrons. The molecule has 0 unspecified atom stereocenters. The fourth-order valence-electron chi connectivity index (χ4n) is 2.94. The molecular weight excluding hydrogens is 314 g/mol. The molecule has 1 atom stereocenters. The largest absolute Gasteiger partial charge is 0.377 e. The standard InChI is InChI=1S/C16H16ClN5O/c1-11-10-23-8-7-21(11)14-13-4-6-22(12-3-2-5-18-9-12)15(13)20-16(17)19-14/h2-6,9,11H,7-8,10H2,1H3/t11-/m1/s1. The van der Waals surface area contributed by atoms with Gasteiger partial charge in [0, 0.05) is 18.9 Å². The van der Waals surface area contributed by atoms with Crippen LogP contribution in [0.3, 0.4) is 0 Å². The van der Waals surface area contributed by atoms with Crippen molar-refractivity contribution < 1.29 is 4.74 Å². The highest BCUT2D eigenvalue weighted by Crippen LogP contribution is 2.30. The van der Waals surface area contributed by atoms with Crippen molar-refractivity contribution in [3.8, 4) is 5.69 Å². The number of ether oxygens (including phenoxy) is 1. The highest BCUT2D eigenvalue weighted by molar-refractivity contribution is 6.28. The maximum Gasteiger partial charge on any atom is 0.226 e. The third kappa shape index (κ3) is 2.54. The molecule has 0 N–H and O–H groups in total. The van der Waals surface area contributed by atoms with Crippen LogP contribution in [0.5, 0.6) is 0 Å². The van der Waals surface area contributed by atoms with E-state index < -0.39 is 0 Å². The second-order valence-corrected chi connectivity index (χ2v) is 5.91. The molecule has 23 heavy (non-hydrogen) atoms. The van der Waals surface area contributed by atoms with Gasteiger partial charge in [0.2, 0.25) is 5.28 Å². The quantitative estimate of drug-likeness (QED) is 0.677. The number of aromatic nitrogens is 4. The van der Waals surface area contributed by atoms with Crippen LogP contribution in [0, 0.1) is 0 Å². The lowest BCUT2D eigenvalue weighted by molar-refractivity contribution is 0.0987. The lowest BCUT2D eigenvalue weighted by Gasteiger charge is -2.34. The monoisotopic (exact) mass is 329 g/mol. The fourth-order valence-corrected chi connectivity index (χ4v) is 3.10. The molecule has 0 aliphatic carbocycles. The van der Waals surface area contributed by atoms with E-state index in [1.807, 2.05) is 29.0 Å². The first-order valence-electron chi connectivity index (χ1n) is 7.53. The third-order valence-corrected chi connectivity index (χ3v) is 4.23. The Morgan fingerprint density at radius 1 is 1.30 bits per heavy atom. The van der Waals surface area contributed by atoms with Crippen molar-refractivity contribution in [2.24, 2.45) is 0 Å². The summed E-state index contributed by atoms with van der Waals surface area (Å²) in [5.41, 5.74) is 1.73. The number of halogens is 1. The van der Waals surface area contributed by atoms with E-state index in [-0.39, 0.29) is 11.3 Å². The summed E-state index contributed by atoms with van der Waals surface area (Å²) in [6.45, 7) is 4.30. The minimum atomic E-state index is 0.245. The van der Waals surface area contributed by atoms with Gasteiger partial charge in [-0.3, -0.25) is 9.55 Å². The second kappa shape index (κ2) is 5.79. The van der Waals surface area contributed by atoms with Crippen molar-refractivity contribution in [2.45, 2.75) is 13.0 Å². The lowest BCUT2D eigenvalue weighted by Crippen LogP contribution is -2.44. The zero-order valence-corrected chi connectivity index (χ0v) is 13.4. The van der Waals surface area contributed by atoms with E-state index in [2.05, 4.69) is 26.8 Å². The Balaban J connectivity index is 1.88. The number of anilines is 1. The predicted molar refractivity (Wildman–Crippen MR) is 89.3 cm³/mol. The number of fused-ring (bicyclic) bond motifs is 1. The van der Waals surface area contributed by atoms with Gasteiger partial charge in [0.05, 0.1) is 36.5 Å². The zero-order chi connectivity index (χ0) is 15.8. The van der Waals surface area contributed by atoms with Crippen LogP contribution in [0.2, 0.25) is 5.28 Å². The van der Waals surface area contributed by atoms with Crippen LogP contribution in [-0.2, 0) is 4.74 Å². The summed E-state index contributed by atoms with van der Waals surface area (Å²) in [6, 6.07) is 6.16. The molecule has 6 nitrogen and oxygen atoms in total. The van der Waals surface area contributed by atoms with Crippen LogP contribution >= 0.6 is 11.6 Å². The van der Waals surface area contributed by atoms with Gasteiger partial charge in [-0.2, -0.15) is 9.97 Å². The lowest BCUT2D eigenvalue weighted by atomic mass is 10.2. The SMILES string of the molecule is C[C@@H]1COCCN1c1nc(Cl)nc2c1ccn2-c1cccnc1. The van der Waals surface area contributed by atoms with Crippen molar-refractivity contribution in [3.63, 3.8) is 0 Å². The molecule has 7 heteroatoms. The topological polar surface area (TPSA) is 56.1 Å². The summed E-state index contributed by atoms with van der Waals surface area (Å²) >= 11 is 6.20. The average Bonchev–Trinajstić information content (AvgIpc) is 2.99. The molecule has 3 aromatic rings. The average molecular weight is 330 g/mol. The van der Waals surface area contributed by atoms with Crippen LogP contribution in [0.1, 0.15) is 6.92 Å². The summed E-state index contributed by atoms with van der Waals surface area (Å²) in [7, 11) is 0. The number of nitrogens with zero attached hydrogens (tertiary/aromatic N) is 5. The summed E-state index contributed by atoms with van der Waals surface area (Å²) in [4.78, 5) is 15.3. The molecule has 1 fully saturated rings. The van der Waals surface area contributed by atoms with E-state index in [1.54, 1.807) is 12.4 Å². The van der Waals surface area contributed by atoms with Crippen LogP contribution in [0.15, 0.2) is 36.8 Å². The molecule has 0 spiro atoms. The number of hydrogen-bond donors (Lipinski definition) is 0. The first-order chi connectivity index (χ1) is 11.2. The van der Waals surface area contributed by atoms with Crippen molar-refractivity contribution in [2.75, 3.05) is 24.7 Å². The molecular formula is C16H16ClN5O. The molecule has 4 heterocycles. The number of morpholine rings is 1. The van der Waals surface area contributed by atoms with Gasteiger partial charge in [-0.25, -0.2) is 0 Å². The highest BCUT2D eigenvalue weighted by atomic mass is 35.5. The molecule has 0 saturated carbocycles. The van der Waals surface area contributed by atoms with Gasteiger partial charge < -0.3 is 9.64 Å². The minimum Gasteiger partial charge on any atom is -0.377 e. The zero-order valence-electron chi connectivity index (χ0n) is 12.7. The smallest absolute Gasteiger partial charge is 0.226 e. The Morgan fingerprint density at radius 3 is 3.00 bits per heavy atom. The molecule has 118 valence electrons. The Kier molecular flexibility index (Phi) is 3.63. The van der Waals surface area contributed by atoms with Gasteiger partial charge in [0.1, 0.15) is 5.82 Å². The maximum atomic E-state index is 6.20. The summed E-state index contributed by atoms with van der Waals surface area (Å²) in [5, 5.41) is 1.22. The van der Waals surface area contributed by atoms with Gasteiger partial charge in [0.15, 0.2) is 5.65 Å². The van der Waals surface area contributed by atoms with Gasteiger partial charge in [-0.1, -0.05) is 0 Å². The molecule has 1 aliphatic rings. The fraction of sp³-hybridized carbons (Fsp3) is 0.312. The van der Waals surface area contributed by atoms with Crippen LogP contribution in [-0.4, -0.2) is 45.3 Å². The van der Waals surface area contributed by atoms with E-state index in [0.29, 0.717) is 13.2 Å². The van der Waals surface area contributed by atoms with Gasteiger partial charge in [0.25, 0.3) is 0 Å². The molecule has 1 saturated heterocycles. The Morgan fingerprint density at radius 2 is 2.22 bits per heavy atom. The van der Waals surface area contributed by atoms with Crippen molar-refractivity contribution in [3.05, 3.63) is 42.1 Å². The molecule has 4 rings (SSSR count). The molecule has 3 aromatic heterocycles. The molecule has 0 bridgehead atoms. The number of hydrogen-bond acceptors (Lipinski definition) is 5. The summed E-state index contributed by atoms with van der Waals surface area (Å²) in [5.74, 6) is 0.860. The first kappa shape index (κ1) is 14.4. The highest BCUT2D eigenvalue weighted by Gasteiger charge is 2.24. The van der Waals surface area contributed by atoms with Crippen molar-refractivity contribution >= 4 is 28.5 Å². The van der Waals surface area contributed by atoms with Crippen LogP contribution in [0.25, 0.3) is 16.7 Å². The maximum absolute atomic E-state index is 6.20. The van der Waals surface area contributed by atoms with E-state index in [4.69, 9.17) is 16.3 Å². The van der Waals surface area contributed by atoms with E-state index in [9.17, 15) is 0 Å². The summed E-state index contributed by atoms with van der Waals surface area (Å²) in [6.07, 6.45) is 5.52. The molecule has 1 aliphatic heterocycles.